The lowest BCUT2D eigenvalue weighted by Gasteiger charge is -2.21. The van der Waals surface area contributed by atoms with Crippen molar-refractivity contribution in [3.8, 4) is 0 Å². The van der Waals surface area contributed by atoms with Gasteiger partial charge in [-0.1, -0.05) is 18.5 Å². The molecule has 98 valence electrons. The van der Waals surface area contributed by atoms with Crippen LogP contribution in [-0.4, -0.2) is 25.7 Å². The third-order valence-electron chi connectivity index (χ3n) is 2.50. The number of sulfonamides is 1. The molecule has 0 aliphatic rings. The standard InChI is InChI=1S/C10H16ClNO3S2/c1-4-10(3,13)6-12-17(14,15)8-5-7(2)9(11)16-8/h5,12-13H,4,6H2,1-3H3. The maximum Gasteiger partial charge on any atom is 0.250 e. The van der Waals surface area contributed by atoms with Crippen LogP contribution in [0.2, 0.25) is 4.34 Å². The van der Waals surface area contributed by atoms with Gasteiger partial charge in [0.25, 0.3) is 0 Å². The third-order valence-corrected chi connectivity index (χ3v) is 5.93. The number of rotatable bonds is 5. The molecule has 1 rings (SSSR count). The molecule has 7 heteroatoms. The van der Waals surface area contributed by atoms with Crippen molar-refractivity contribution < 1.29 is 13.5 Å². The van der Waals surface area contributed by atoms with E-state index in [2.05, 4.69) is 4.72 Å². The molecule has 0 saturated heterocycles. The summed E-state index contributed by atoms with van der Waals surface area (Å²) in [6.07, 6.45) is 0.472. The molecule has 1 aromatic rings. The van der Waals surface area contributed by atoms with Crippen molar-refractivity contribution in [3.05, 3.63) is 16.0 Å². The minimum Gasteiger partial charge on any atom is -0.389 e. The zero-order chi connectivity index (χ0) is 13.3. The van der Waals surface area contributed by atoms with E-state index >= 15 is 0 Å². The monoisotopic (exact) mass is 297 g/mol. The Morgan fingerprint density at radius 3 is 2.59 bits per heavy atom. The number of aryl methyl sites for hydroxylation is 1. The van der Waals surface area contributed by atoms with Crippen LogP contribution >= 0.6 is 22.9 Å². The number of nitrogens with one attached hydrogen (secondary N) is 1. The van der Waals surface area contributed by atoms with Gasteiger partial charge in [0.1, 0.15) is 4.21 Å². The highest BCUT2D eigenvalue weighted by atomic mass is 35.5. The second-order valence-corrected chi connectivity index (χ2v) is 7.85. The quantitative estimate of drug-likeness (QED) is 0.875. The number of aliphatic hydroxyl groups is 1. The van der Waals surface area contributed by atoms with Crippen molar-refractivity contribution in [1.82, 2.24) is 4.72 Å². The van der Waals surface area contributed by atoms with E-state index < -0.39 is 15.6 Å². The Morgan fingerprint density at radius 2 is 2.18 bits per heavy atom. The second-order valence-electron chi connectivity index (χ2n) is 4.20. The van der Waals surface area contributed by atoms with Gasteiger partial charge >= 0.3 is 0 Å². The summed E-state index contributed by atoms with van der Waals surface area (Å²) in [6.45, 7) is 5.11. The highest BCUT2D eigenvalue weighted by Crippen LogP contribution is 2.30. The van der Waals surface area contributed by atoms with E-state index in [0.29, 0.717) is 10.8 Å². The predicted octanol–water partition coefficient (Wildman–Crippen LogP) is 2.15. The second kappa shape index (κ2) is 5.24. The zero-order valence-electron chi connectivity index (χ0n) is 9.95. The number of halogens is 1. The minimum absolute atomic E-state index is 0.0135. The van der Waals surface area contributed by atoms with E-state index in [0.717, 1.165) is 16.9 Å². The molecule has 1 atom stereocenters. The molecule has 0 fully saturated rings. The molecule has 1 aromatic heterocycles. The lowest BCUT2D eigenvalue weighted by atomic mass is 10.1. The third kappa shape index (κ3) is 3.93. The van der Waals surface area contributed by atoms with Crippen LogP contribution in [0.15, 0.2) is 10.3 Å². The summed E-state index contributed by atoms with van der Waals surface area (Å²) in [6, 6.07) is 1.52. The molecular weight excluding hydrogens is 282 g/mol. The van der Waals surface area contributed by atoms with Crippen LogP contribution in [0.1, 0.15) is 25.8 Å². The smallest absolute Gasteiger partial charge is 0.250 e. The first-order chi connectivity index (χ1) is 7.68. The molecule has 0 aromatic carbocycles. The Morgan fingerprint density at radius 1 is 1.59 bits per heavy atom. The van der Waals surface area contributed by atoms with Gasteiger partial charge in [-0.3, -0.25) is 0 Å². The maximum atomic E-state index is 11.9. The SMILES string of the molecule is CCC(C)(O)CNS(=O)(=O)c1cc(C)c(Cl)s1. The van der Waals surface area contributed by atoms with Gasteiger partial charge in [-0.2, -0.15) is 0 Å². The molecule has 1 heterocycles. The summed E-state index contributed by atoms with van der Waals surface area (Å²) in [5, 5.41) is 9.74. The molecular formula is C10H16ClNO3S2. The van der Waals surface area contributed by atoms with Crippen molar-refractivity contribution in [2.45, 2.75) is 37.0 Å². The fraction of sp³-hybridized carbons (Fsp3) is 0.600. The fourth-order valence-electron chi connectivity index (χ4n) is 1.01. The van der Waals surface area contributed by atoms with Crippen LogP contribution in [0, 0.1) is 6.92 Å². The van der Waals surface area contributed by atoms with Gasteiger partial charge in [-0.25, -0.2) is 13.1 Å². The first-order valence-electron chi connectivity index (χ1n) is 5.16. The van der Waals surface area contributed by atoms with E-state index in [1.165, 1.54) is 6.07 Å². The first-order valence-corrected chi connectivity index (χ1v) is 7.84. The van der Waals surface area contributed by atoms with Crippen LogP contribution in [0.3, 0.4) is 0 Å². The summed E-state index contributed by atoms with van der Waals surface area (Å²) in [7, 11) is -3.58. The molecule has 4 nitrogen and oxygen atoms in total. The molecule has 2 N–H and O–H groups in total. The Labute approximate surface area is 111 Å². The Hall–Kier alpha value is -0.140. The number of hydrogen-bond donors (Lipinski definition) is 2. The minimum atomic E-state index is -3.58. The van der Waals surface area contributed by atoms with Crippen LogP contribution in [0.25, 0.3) is 0 Å². The molecule has 0 saturated carbocycles. The molecule has 0 spiro atoms. The van der Waals surface area contributed by atoms with Crippen molar-refractivity contribution in [2.24, 2.45) is 0 Å². The van der Waals surface area contributed by atoms with Gasteiger partial charge in [0.15, 0.2) is 0 Å². The normalized spacial score (nSPS) is 15.8. The Balaban J connectivity index is 2.83. The number of thiophene rings is 1. The van der Waals surface area contributed by atoms with Gasteiger partial charge < -0.3 is 5.11 Å². The Kier molecular flexibility index (Phi) is 4.60. The van der Waals surface area contributed by atoms with Gasteiger partial charge in [-0.15, -0.1) is 11.3 Å². The predicted molar refractivity (Wildman–Crippen MR) is 70.2 cm³/mol. The molecule has 0 aliphatic carbocycles. The summed E-state index contributed by atoms with van der Waals surface area (Å²) in [4.78, 5) is 0. The van der Waals surface area contributed by atoms with E-state index in [1.54, 1.807) is 20.8 Å². The van der Waals surface area contributed by atoms with Gasteiger partial charge in [-0.05, 0) is 31.9 Å². The molecule has 0 radical (unpaired) electrons. The number of hydrogen-bond acceptors (Lipinski definition) is 4. The molecule has 17 heavy (non-hydrogen) atoms. The molecule has 1 unspecified atom stereocenters. The summed E-state index contributed by atoms with van der Waals surface area (Å²) >= 11 is 6.84. The highest BCUT2D eigenvalue weighted by Gasteiger charge is 2.24. The van der Waals surface area contributed by atoms with Crippen molar-refractivity contribution >= 4 is 33.0 Å². The van der Waals surface area contributed by atoms with E-state index in [4.69, 9.17) is 11.6 Å². The van der Waals surface area contributed by atoms with Crippen LogP contribution in [0.4, 0.5) is 0 Å². The van der Waals surface area contributed by atoms with Gasteiger partial charge in [0, 0.05) is 6.54 Å². The maximum absolute atomic E-state index is 11.9. The zero-order valence-corrected chi connectivity index (χ0v) is 12.3. The largest absolute Gasteiger partial charge is 0.389 e. The average molecular weight is 298 g/mol. The molecule has 0 amide bonds. The summed E-state index contributed by atoms with van der Waals surface area (Å²) < 4.78 is 26.8. The average Bonchev–Trinajstić information content (AvgIpc) is 2.58. The Bertz CT molecular complexity index is 474. The van der Waals surface area contributed by atoms with Gasteiger partial charge in [0.2, 0.25) is 10.0 Å². The van der Waals surface area contributed by atoms with Crippen LogP contribution in [0.5, 0.6) is 0 Å². The van der Waals surface area contributed by atoms with Crippen LogP contribution in [-0.2, 0) is 10.0 Å². The summed E-state index contributed by atoms with van der Waals surface area (Å²) in [5.74, 6) is 0. The lowest BCUT2D eigenvalue weighted by molar-refractivity contribution is 0.0614. The highest BCUT2D eigenvalue weighted by molar-refractivity contribution is 7.91. The molecule has 0 aliphatic heterocycles. The summed E-state index contributed by atoms with van der Waals surface area (Å²) in [5.41, 5.74) is -0.303. The van der Waals surface area contributed by atoms with E-state index in [9.17, 15) is 13.5 Å². The molecule has 0 bridgehead atoms. The fourth-order valence-corrected chi connectivity index (χ4v) is 3.92. The van der Waals surface area contributed by atoms with E-state index in [1.807, 2.05) is 0 Å². The van der Waals surface area contributed by atoms with Crippen LogP contribution < -0.4 is 4.72 Å². The van der Waals surface area contributed by atoms with E-state index in [-0.39, 0.29) is 10.8 Å². The lowest BCUT2D eigenvalue weighted by Crippen LogP contribution is -2.39. The van der Waals surface area contributed by atoms with Gasteiger partial charge in [0.05, 0.1) is 9.94 Å². The first kappa shape index (κ1) is 14.9. The van der Waals surface area contributed by atoms with Crippen molar-refractivity contribution in [2.75, 3.05) is 6.54 Å². The topological polar surface area (TPSA) is 66.4 Å². The van der Waals surface area contributed by atoms with Crippen molar-refractivity contribution in [3.63, 3.8) is 0 Å². The van der Waals surface area contributed by atoms with Crippen molar-refractivity contribution in [1.29, 1.82) is 0 Å².